The minimum Gasteiger partial charge on any atom is -0.296 e. The number of nitrogens with zero attached hydrogens (tertiary/aromatic N) is 1. The number of hydrogen-bond donors (Lipinski definition) is 0. The van der Waals surface area contributed by atoms with E-state index in [1.165, 1.54) is 56.1 Å². The minimum absolute atomic E-state index is 0.285. The highest BCUT2D eigenvalue weighted by Gasteiger charge is 2.21. The lowest BCUT2D eigenvalue weighted by atomic mass is 9.94. The van der Waals surface area contributed by atoms with Crippen LogP contribution in [-0.4, -0.2) is 30.3 Å². The van der Waals surface area contributed by atoms with E-state index in [1.807, 2.05) is 6.07 Å². The van der Waals surface area contributed by atoms with Crippen molar-refractivity contribution in [2.45, 2.75) is 57.4 Å². The molecule has 1 fully saturated rings. The number of benzene rings is 1. The third-order valence-electron chi connectivity index (χ3n) is 5.01. The molecule has 0 bridgehead atoms. The molecule has 0 atom stereocenters. The number of likely N-dealkylation sites (N-methyl/N-ethyl adjacent to an activating group) is 1. The molecule has 0 radical (unpaired) electrons. The lowest BCUT2D eigenvalue weighted by Gasteiger charge is -2.30. The lowest BCUT2D eigenvalue weighted by molar-refractivity contribution is 0.0899. The Labute approximate surface area is 122 Å². The number of carbonyl (C=O) groups is 1. The molecule has 108 valence electrons. The van der Waals surface area contributed by atoms with Gasteiger partial charge in [0.05, 0.1) is 6.54 Å². The Kier molecular flexibility index (Phi) is 4.21. The van der Waals surface area contributed by atoms with Crippen LogP contribution in [-0.2, 0) is 12.8 Å². The Morgan fingerprint density at radius 2 is 1.85 bits per heavy atom. The van der Waals surface area contributed by atoms with Crippen LogP contribution in [0.15, 0.2) is 18.2 Å². The van der Waals surface area contributed by atoms with E-state index in [-0.39, 0.29) is 5.78 Å². The van der Waals surface area contributed by atoms with Gasteiger partial charge in [0.25, 0.3) is 0 Å². The van der Waals surface area contributed by atoms with Crippen LogP contribution < -0.4 is 0 Å². The van der Waals surface area contributed by atoms with Gasteiger partial charge in [-0.25, -0.2) is 0 Å². The maximum Gasteiger partial charge on any atom is 0.176 e. The van der Waals surface area contributed by atoms with Gasteiger partial charge in [0.15, 0.2) is 5.78 Å². The highest BCUT2D eigenvalue weighted by atomic mass is 16.1. The maximum absolute atomic E-state index is 12.5. The van der Waals surface area contributed by atoms with Crippen molar-refractivity contribution in [3.8, 4) is 0 Å². The maximum atomic E-state index is 12.5. The van der Waals surface area contributed by atoms with Gasteiger partial charge in [0.1, 0.15) is 0 Å². The van der Waals surface area contributed by atoms with E-state index in [1.54, 1.807) is 0 Å². The van der Waals surface area contributed by atoms with Crippen molar-refractivity contribution in [2.24, 2.45) is 0 Å². The number of Topliss-reactive ketones (excluding diaryl/α,β-unsaturated/α-hetero) is 1. The van der Waals surface area contributed by atoms with Crippen LogP contribution in [0.1, 0.15) is 60.0 Å². The summed E-state index contributed by atoms with van der Waals surface area (Å²) in [5.74, 6) is 0.285. The van der Waals surface area contributed by atoms with E-state index in [4.69, 9.17) is 0 Å². The summed E-state index contributed by atoms with van der Waals surface area (Å²) in [5, 5.41) is 0. The van der Waals surface area contributed by atoms with Crippen molar-refractivity contribution in [3.63, 3.8) is 0 Å². The largest absolute Gasteiger partial charge is 0.296 e. The molecule has 3 rings (SSSR count). The number of carbonyl (C=O) groups excluding carboxylic acids is 1. The van der Waals surface area contributed by atoms with E-state index in [9.17, 15) is 4.79 Å². The molecular formula is C18H25NO. The van der Waals surface area contributed by atoms with E-state index >= 15 is 0 Å². The predicted octanol–water partition coefficient (Wildman–Crippen LogP) is 3.62. The first-order valence-electron chi connectivity index (χ1n) is 8.09. The Bertz CT molecular complexity index is 488. The molecular weight excluding hydrogens is 246 g/mol. The summed E-state index contributed by atoms with van der Waals surface area (Å²) in [4.78, 5) is 14.7. The number of rotatable bonds is 4. The van der Waals surface area contributed by atoms with Crippen molar-refractivity contribution >= 4 is 5.78 Å². The van der Waals surface area contributed by atoms with Crippen molar-refractivity contribution in [1.82, 2.24) is 4.90 Å². The molecule has 2 aliphatic rings. The number of fused-ring (bicyclic) bond motifs is 1. The van der Waals surface area contributed by atoms with E-state index in [0.717, 1.165) is 12.0 Å². The van der Waals surface area contributed by atoms with Gasteiger partial charge in [0.2, 0.25) is 0 Å². The molecule has 1 aromatic carbocycles. The summed E-state index contributed by atoms with van der Waals surface area (Å²) in [6.07, 6.45) is 10.1. The zero-order valence-electron chi connectivity index (χ0n) is 12.5. The molecule has 0 saturated heterocycles. The monoisotopic (exact) mass is 271 g/mol. The molecule has 20 heavy (non-hydrogen) atoms. The van der Waals surface area contributed by atoms with Crippen LogP contribution in [0.5, 0.6) is 0 Å². The fourth-order valence-corrected chi connectivity index (χ4v) is 3.71. The third kappa shape index (κ3) is 2.95. The zero-order valence-corrected chi connectivity index (χ0v) is 12.5. The molecule has 0 amide bonds. The van der Waals surface area contributed by atoms with Crippen molar-refractivity contribution in [3.05, 3.63) is 34.9 Å². The average molecular weight is 271 g/mol. The standard InChI is InChI=1S/C18H25NO/c1-19(17-8-3-2-4-9-17)13-18(20)16-11-10-14-6-5-7-15(14)12-16/h10-12,17H,2-9,13H2,1H3. The first-order valence-corrected chi connectivity index (χ1v) is 8.09. The molecule has 0 spiro atoms. The fraction of sp³-hybridized carbons (Fsp3) is 0.611. The summed E-state index contributed by atoms with van der Waals surface area (Å²) in [6.45, 7) is 0.573. The van der Waals surface area contributed by atoms with Gasteiger partial charge in [-0.05, 0) is 56.3 Å². The first-order chi connectivity index (χ1) is 9.74. The van der Waals surface area contributed by atoms with Crippen LogP contribution in [0.25, 0.3) is 0 Å². The first kappa shape index (κ1) is 13.8. The Morgan fingerprint density at radius 1 is 1.10 bits per heavy atom. The van der Waals surface area contributed by atoms with Crippen LogP contribution in [0.2, 0.25) is 0 Å². The van der Waals surface area contributed by atoms with Crippen LogP contribution in [0, 0.1) is 0 Å². The topological polar surface area (TPSA) is 20.3 Å². The normalized spacial score (nSPS) is 19.3. The van der Waals surface area contributed by atoms with Gasteiger partial charge in [-0.15, -0.1) is 0 Å². The second-order valence-corrected chi connectivity index (χ2v) is 6.47. The molecule has 0 unspecified atom stereocenters. The summed E-state index contributed by atoms with van der Waals surface area (Å²) in [5.41, 5.74) is 3.76. The van der Waals surface area contributed by atoms with Crippen molar-refractivity contribution in [1.29, 1.82) is 0 Å². The molecule has 0 N–H and O–H groups in total. The van der Waals surface area contributed by atoms with E-state index < -0.39 is 0 Å². The smallest absolute Gasteiger partial charge is 0.176 e. The Hall–Kier alpha value is -1.15. The second-order valence-electron chi connectivity index (χ2n) is 6.47. The molecule has 0 aliphatic heterocycles. The quantitative estimate of drug-likeness (QED) is 0.780. The highest BCUT2D eigenvalue weighted by Crippen LogP contribution is 2.24. The zero-order chi connectivity index (χ0) is 13.9. The van der Waals surface area contributed by atoms with Gasteiger partial charge < -0.3 is 0 Å². The SMILES string of the molecule is CN(CC(=O)c1ccc2c(c1)CCC2)C1CCCCC1. The Balaban J connectivity index is 1.63. The summed E-state index contributed by atoms with van der Waals surface area (Å²) < 4.78 is 0. The molecule has 0 aromatic heterocycles. The highest BCUT2D eigenvalue weighted by molar-refractivity contribution is 5.97. The number of ketones is 1. The van der Waals surface area contributed by atoms with E-state index in [0.29, 0.717) is 12.6 Å². The number of aryl methyl sites for hydroxylation is 2. The third-order valence-corrected chi connectivity index (χ3v) is 5.01. The van der Waals surface area contributed by atoms with Gasteiger partial charge >= 0.3 is 0 Å². The van der Waals surface area contributed by atoms with E-state index in [2.05, 4.69) is 24.1 Å². The average Bonchev–Trinajstić information content (AvgIpc) is 2.95. The van der Waals surface area contributed by atoms with Gasteiger partial charge in [-0.2, -0.15) is 0 Å². The van der Waals surface area contributed by atoms with Crippen LogP contribution in [0.3, 0.4) is 0 Å². The van der Waals surface area contributed by atoms with Crippen molar-refractivity contribution < 1.29 is 4.79 Å². The Morgan fingerprint density at radius 3 is 2.65 bits per heavy atom. The van der Waals surface area contributed by atoms with Gasteiger partial charge in [-0.1, -0.05) is 31.4 Å². The molecule has 1 saturated carbocycles. The summed E-state index contributed by atoms with van der Waals surface area (Å²) >= 11 is 0. The van der Waals surface area contributed by atoms with Gasteiger partial charge in [0, 0.05) is 11.6 Å². The number of hydrogen-bond acceptors (Lipinski definition) is 2. The summed E-state index contributed by atoms with van der Waals surface area (Å²) in [7, 11) is 2.11. The predicted molar refractivity (Wildman–Crippen MR) is 82.3 cm³/mol. The lowest BCUT2D eigenvalue weighted by Crippen LogP contribution is -2.37. The minimum atomic E-state index is 0.285. The molecule has 2 heteroatoms. The van der Waals surface area contributed by atoms with Crippen LogP contribution >= 0.6 is 0 Å². The second kappa shape index (κ2) is 6.09. The fourth-order valence-electron chi connectivity index (χ4n) is 3.71. The summed E-state index contributed by atoms with van der Waals surface area (Å²) in [6, 6.07) is 6.94. The molecule has 2 nitrogen and oxygen atoms in total. The molecule has 0 heterocycles. The molecule has 2 aliphatic carbocycles. The molecule has 1 aromatic rings. The van der Waals surface area contributed by atoms with Crippen LogP contribution in [0.4, 0.5) is 0 Å². The van der Waals surface area contributed by atoms with Crippen molar-refractivity contribution in [2.75, 3.05) is 13.6 Å². The van der Waals surface area contributed by atoms with Gasteiger partial charge in [-0.3, -0.25) is 9.69 Å².